The van der Waals surface area contributed by atoms with Crippen LogP contribution in [-0.2, 0) is 0 Å². The van der Waals surface area contributed by atoms with Gasteiger partial charge in [0, 0.05) is 0 Å². The van der Waals surface area contributed by atoms with Crippen LogP contribution in [0.4, 0.5) is 0 Å². The lowest BCUT2D eigenvalue weighted by Crippen LogP contribution is -2.50. The minimum Gasteiger partial charge on any atom is -0.393 e. The van der Waals surface area contributed by atoms with Gasteiger partial charge in [-0.15, -0.1) is 0 Å². The first-order valence-electron chi connectivity index (χ1n) is 14.4. The molecule has 3 saturated carbocycles. The summed E-state index contributed by atoms with van der Waals surface area (Å²) in [7, 11) is 0. The highest BCUT2D eigenvalue weighted by Crippen LogP contribution is 2.67. The normalized spacial score (nSPS) is 44.3. The van der Waals surface area contributed by atoms with Crippen molar-refractivity contribution >= 4 is 0 Å². The lowest BCUT2D eigenvalue weighted by molar-refractivity contribution is -0.0574. The molecule has 4 aliphatic carbocycles. The molecule has 0 unspecified atom stereocenters. The molecule has 0 saturated heterocycles. The summed E-state index contributed by atoms with van der Waals surface area (Å²) in [5, 5.41) is 10.3. The number of hydrogen-bond acceptors (Lipinski definition) is 1. The van der Waals surface area contributed by atoms with Crippen LogP contribution >= 0.6 is 0 Å². The molecule has 0 bridgehead atoms. The van der Waals surface area contributed by atoms with Crippen LogP contribution in [0.5, 0.6) is 0 Å². The molecule has 0 aromatic heterocycles. The van der Waals surface area contributed by atoms with E-state index in [1.165, 1.54) is 64.2 Å². The van der Waals surface area contributed by atoms with E-state index in [0.717, 1.165) is 48.3 Å². The SMILES string of the molecule is CC[C@@](C)(CCC[C@@H](C)[C@H]1CC[C@H]2[C@@H]3CC=C4C[C@@H](O)CC[C@]4(C)[C@H]3CC[C@]12C)C(C)C. The Hall–Kier alpha value is -0.300. The summed E-state index contributed by atoms with van der Waals surface area (Å²) < 4.78 is 0. The highest BCUT2D eigenvalue weighted by molar-refractivity contribution is 5.25. The quantitative estimate of drug-likeness (QED) is 0.390. The number of aliphatic hydroxyl groups is 1. The van der Waals surface area contributed by atoms with Gasteiger partial charge in [0.05, 0.1) is 6.10 Å². The van der Waals surface area contributed by atoms with E-state index in [4.69, 9.17) is 0 Å². The summed E-state index contributed by atoms with van der Waals surface area (Å²) in [6, 6.07) is 0. The van der Waals surface area contributed by atoms with Crippen LogP contribution in [0.15, 0.2) is 11.6 Å². The fraction of sp³-hybridized carbons (Fsp3) is 0.935. The maximum Gasteiger partial charge on any atom is 0.0577 e. The number of aliphatic hydroxyl groups excluding tert-OH is 1. The molecule has 0 amide bonds. The molecule has 1 N–H and O–H groups in total. The molecule has 9 atom stereocenters. The molecule has 0 spiro atoms. The summed E-state index contributed by atoms with van der Waals surface area (Å²) in [6.45, 7) is 17.6. The van der Waals surface area contributed by atoms with Crippen molar-refractivity contribution in [2.45, 2.75) is 132 Å². The molecule has 3 fully saturated rings. The van der Waals surface area contributed by atoms with E-state index in [9.17, 15) is 5.11 Å². The highest BCUT2D eigenvalue weighted by atomic mass is 16.3. The number of allylic oxidation sites excluding steroid dienone is 1. The van der Waals surface area contributed by atoms with Gasteiger partial charge < -0.3 is 5.11 Å². The van der Waals surface area contributed by atoms with E-state index in [0.29, 0.717) is 16.2 Å². The van der Waals surface area contributed by atoms with Crippen molar-refractivity contribution in [3.63, 3.8) is 0 Å². The predicted molar refractivity (Wildman–Crippen MR) is 137 cm³/mol. The van der Waals surface area contributed by atoms with Crippen LogP contribution in [0.25, 0.3) is 0 Å². The number of fused-ring (bicyclic) bond motifs is 5. The fourth-order valence-electron chi connectivity index (χ4n) is 9.52. The van der Waals surface area contributed by atoms with Crippen LogP contribution in [0.3, 0.4) is 0 Å². The smallest absolute Gasteiger partial charge is 0.0577 e. The highest BCUT2D eigenvalue weighted by Gasteiger charge is 2.59. The van der Waals surface area contributed by atoms with Gasteiger partial charge in [-0.05, 0) is 110 Å². The lowest BCUT2D eigenvalue weighted by Gasteiger charge is -2.58. The van der Waals surface area contributed by atoms with Gasteiger partial charge in [0.15, 0.2) is 0 Å². The number of hydrogen-bond donors (Lipinski definition) is 1. The van der Waals surface area contributed by atoms with Gasteiger partial charge in [0.1, 0.15) is 0 Å². The first-order chi connectivity index (χ1) is 15.0. The van der Waals surface area contributed by atoms with Gasteiger partial charge in [-0.3, -0.25) is 0 Å². The predicted octanol–water partition coefficient (Wildman–Crippen LogP) is 8.81. The van der Waals surface area contributed by atoms with Crippen molar-refractivity contribution in [3.8, 4) is 0 Å². The molecule has 32 heavy (non-hydrogen) atoms. The molecule has 1 heteroatoms. The third kappa shape index (κ3) is 4.05. The van der Waals surface area contributed by atoms with Gasteiger partial charge >= 0.3 is 0 Å². The van der Waals surface area contributed by atoms with Crippen molar-refractivity contribution < 1.29 is 5.11 Å². The van der Waals surface area contributed by atoms with E-state index in [1.807, 2.05) is 0 Å². The van der Waals surface area contributed by atoms with E-state index in [-0.39, 0.29) is 6.10 Å². The van der Waals surface area contributed by atoms with E-state index in [2.05, 4.69) is 54.5 Å². The maximum absolute atomic E-state index is 10.3. The van der Waals surface area contributed by atoms with Gasteiger partial charge in [-0.2, -0.15) is 0 Å². The van der Waals surface area contributed by atoms with Crippen LogP contribution < -0.4 is 0 Å². The van der Waals surface area contributed by atoms with Crippen LogP contribution in [0, 0.1) is 51.8 Å². The first kappa shape index (κ1) is 24.8. The zero-order valence-electron chi connectivity index (χ0n) is 22.6. The molecule has 4 aliphatic rings. The molecule has 184 valence electrons. The topological polar surface area (TPSA) is 20.2 Å². The molecule has 0 aromatic carbocycles. The molecular weight excluding hydrogens is 388 g/mol. The van der Waals surface area contributed by atoms with Crippen molar-refractivity contribution in [2.75, 3.05) is 0 Å². The van der Waals surface area contributed by atoms with Crippen LogP contribution in [0.1, 0.15) is 126 Å². The Morgan fingerprint density at radius 3 is 2.50 bits per heavy atom. The molecule has 4 rings (SSSR count). The molecule has 1 nitrogen and oxygen atoms in total. The van der Waals surface area contributed by atoms with Crippen LogP contribution in [-0.4, -0.2) is 11.2 Å². The monoisotopic (exact) mass is 442 g/mol. The Morgan fingerprint density at radius 2 is 1.81 bits per heavy atom. The second kappa shape index (κ2) is 9.05. The third-order valence-electron chi connectivity index (χ3n) is 12.4. The Kier molecular flexibility index (Phi) is 7.02. The Bertz CT molecular complexity index is 693. The summed E-state index contributed by atoms with van der Waals surface area (Å²) >= 11 is 0. The molecule has 0 aromatic rings. The second-order valence-corrected chi connectivity index (χ2v) is 13.9. The van der Waals surface area contributed by atoms with E-state index in [1.54, 1.807) is 5.57 Å². The maximum atomic E-state index is 10.3. The third-order valence-corrected chi connectivity index (χ3v) is 12.4. The zero-order chi connectivity index (χ0) is 23.3. The molecule has 0 radical (unpaired) electrons. The molecule has 0 heterocycles. The van der Waals surface area contributed by atoms with E-state index < -0.39 is 0 Å². The van der Waals surface area contributed by atoms with Crippen molar-refractivity contribution in [2.24, 2.45) is 51.8 Å². The van der Waals surface area contributed by atoms with Gasteiger partial charge in [0.2, 0.25) is 0 Å². The average Bonchev–Trinajstić information content (AvgIpc) is 3.11. The molecular formula is C31H54O. The van der Waals surface area contributed by atoms with Crippen LogP contribution in [0.2, 0.25) is 0 Å². The summed E-state index contributed by atoms with van der Waals surface area (Å²) in [6.07, 6.45) is 18.4. The summed E-state index contributed by atoms with van der Waals surface area (Å²) in [4.78, 5) is 0. The minimum absolute atomic E-state index is 0.0818. The first-order valence-corrected chi connectivity index (χ1v) is 14.4. The lowest BCUT2D eigenvalue weighted by atomic mass is 9.47. The Balaban J connectivity index is 1.43. The standard InChI is InChI=1S/C31H54O/c1-8-29(5,21(2)3)17-9-10-22(4)26-13-14-27-25-12-11-23-20-24(32)15-18-30(23,6)28(25)16-19-31(26,27)7/h11,21-22,24-28,32H,8-10,12-20H2,1-7H3/t22-,24+,25+,26-,27+,28+,29+,30+,31-/m1/s1. The van der Waals surface area contributed by atoms with Gasteiger partial charge in [-0.1, -0.05) is 79.4 Å². The largest absolute Gasteiger partial charge is 0.393 e. The van der Waals surface area contributed by atoms with E-state index >= 15 is 0 Å². The van der Waals surface area contributed by atoms with Gasteiger partial charge in [-0.25, -0.2) is 0 Å². The Labute approximate surface area is 200 Å². The average molecular weight is 443 g/mol. The molecule has 0 aliphatic heterocycles. The Morgan fingerprint density at radius 1 is 1.06 bits per heavy atom. The summed E-state index contributed by atoms with van der Waals surface area (Å²) in [5.41, 5.74) is 3.10. The minimum atomic E-state index is -0.0818. The zero-order valence-corrected chi connectivity index (χ0v) is 22.6. The van der Waals surface area contributed by atoms with Crippen molar-refractivity contribution in [1.82, 2.24) is 0 Å². The summed E-state index contributed by atoms with van der Waals surface area (Å²) in [5.74, 6) is 5.32. The fourth-order valence-corrected chi connectivity index (χ4v) is 9.52. The van der Waals surface area contributed by atoms with Crippen molar-refractivity contribution in [3.05, 3.63) is 11.6 Å². The van der Waals surface area contributed by atoms with Gasteiger partial charge in [0.25, 0.3) is 0 Å². The van der Waals surface area contributed by atoms with Crippen molar-refractivity contribution in [1.29, 1.82) is 0 Å². The number of rotatable bonds is 7. The second-order valence-electron chi connectivity index (χ2n) is 13.9.